The van der Waals surface area contributed by atoms with E-state index in [2.05, 4.69) is 19.2 Å². The third-order valence-corrected chi connectivity index (χ3v) is 4.08. The molecule has 1 fully saturated rings. The monoisotopic (exact) mass is 231 g/mol. The van der Waals surface area contributed by atoms with Gasteiger partial charge in [0.2, 0.25) is 0 Å². The van der Waals surface area contributed by atoms with Crippen LogP contribution in [0, 0.1) is 5.41 Å². The van der Waals surface area contributed by atoms with Gasteiger partial charge in [-0.25, -0.2) is 0 Å². The molecule has 90 valence electrons. The Bertz CT molecular complexity index is 158. The lowest BCUT2D eigenvalue weighted by atomic mass is 9.82. The second-order valence-electron chi connectivity index (χ2n) is 4.65. The molecule has 2 nitrogen and oxygen atoms in total. The van der Waals surface area contributed by atoms with E-state index in [4.69, 9.17) is 4.74 Å². The van der Waals surface area contributed by atoms with E-state index in [-0.39, 0.29) is 0 Å². The molecular weight excluding hydrogens is 206 g/mol. The molecule has 1 rings (SSSR count). The number of hydrogen-bond acceptors (Lipinski definition) is 3. The van der Waals surface area contributed by atoms with Crippen LogP contribution in [0.4, 0.5) is 0 Å². The first-order valence-electron chi connectivity index (χ1n) is 6.13. The van der Waals surface area contributed by atoms with Gasteiger partial charge in [0.05, 0.1) is 0 Å². The summed E-state index contributed by atoms with van der Waals surface area (Å²) in [6, 6.07) is 0. The van der Waals surface area contributed by atoms with Crippen molar-refractivity contribution in [3.8, 4) is 0 Å². The van der Waals surface area contributed by atoms with Gasteiger partial charge in [0.1, 0.15) is 0 Å². The van der Waals surface area contributed by atoms with Crippen molar-refractivity contribution in [2.45, 2.75) is 33.1 Å². The maximum absolute atomic E-state index is 5.39. The fourth-order valence-electron chi connectivity index (χ4n) is 1.87. The molecule has 1 N–H and O–H groups in total. The summed E-state index contributed by atoms with van der Waals surface area (Å²) in [5.74, 6) is 2.54. The van der Waals surface area contributed by atoms with Crippen LogP contribution in [0.25, 0.3) is 0 Å². The average Bonchev–Trinajstić information content (AvgIpc) is 2.24. The number of ether oxygens (including phenoxy) is 1. The predicted molar refractivity (Wildman–Crippen MR) is 68.6 cm³/mol. The molecule has 0 radical (unpaired) electrons. The second kappa shape index (κ2) is 7.53. The summed E-state index contributed by atoms with van der Waals surface area (Å²) < 4.78 is 5.39. The number of nitrogens with one attached hydrogen (secondary N) is 1. The van der Waals surface area contributed by atoms with Crippen molar-refractivity contribution >= 4 is 11.8 Å². The van der Waals surface area contributed by atoms with Crippen molar-refractivity contribution in [2.75, 3.05) is 37.8 Å². The molecule has 1 saturated heterocycles. The fraction of sp³-hybridized carbons (Fsp3) is 1.00. The summed E-state index contributed by atoms with van der Waals surface area (Å²) >= 11 is 2.03. The molecule has 3 heteroatoms. The van der Waals surface area contributed by atoms with Crippen LogP contribution in [-0.4, -0.2) is 37.8 Å². The molecule has 0 aromatic rings. The summed E-state index contributed by atoms with van der Waals surface area (Å²) in [5, 5.41) is 3.59. The fourth-order valence-corrected chi connectivity index (χ4v) is 2.51. The summed E-state index contributed by atoms with van der Waals surface area (Å²) in [7, 11) is 0. The van der Waals surface area contributed by atoms with Crippen molar-refractivity contribution in [3.63, 3.8) is 0 Å². The number of hydrogen-bond donors (Lipinski definition) is 1. The standard InChI is InChI=1S/C12H25NOS/c1-3-15-10-4-7-13-11-12(2)5-8-14-9-6-12/h13H,3-11H2,1-2H3. The zero-order valence-corrected chi connectivity index (χ0v) is 11.0. The average molecular weight is 231 g/mol. The van der Waals surface area contributed by atoms with Crippen molar-refractivity contribution in [3.05, 3.63) is 0 Å². The minimum atomic E-state index is 0.482. The molecule has 1 aliphatic rings. The van der Waals surface area contributed by atoms with E-state index in [9.17, 15) is 0 Å². The molecule has 0 saturated carbocycles. The van der Waals surface area contributed by atoms with Crippen LogP contribution in [0.1, 0.15) is 33.1 Å². The van der Waals surface area contributed by atoms with Gasteiger partial charge in [0, 0.05) is 19.8 Å². The molecular formula is C12H25NOS. The minimum Gasteiger partial charge on any atom is -0.381 e. The largest absolute Gasteiger partial charge is 0.381 e. The highest BCUT2D eigenvalue weighted by molar-refractivity contribution is 7.99. The van der Waals surface area contributed by atoms with E-state index in [0.717, 1.165) is 19.8 Å². The molecule has 0 aromatic carbocycles. The highest BCUT2D eigenvalue weighted by atomic mass is 32.2. The highest BCUT2D eigenvalue weighted by Crippen LogP contribution is 2.28. The topological polar surface area (TPSA) is 21.3 Å². The van der Waals surface area contributed by atoms with Crippen molar-refractivity contribution in [1.82, 2.24) is 5.32 Å². The third kappa shape index (κ3) is 5.79. The van der Waals surface area contributed by atoms with Crippen molar-refractivity contribution in [2.24, 2.45) is 5.41 Å². The lowest BCUT2D eigenvalue weighted by Gasteiger charge is -2.33. The van der Waals surface area contributed by atoms with Gasteiger partial charge >= 0.3 is 0 Å². The molecule has 0 amide bonds. The molecule has 0 bridgehead atoms. The molecule has 0 aromatic heterocycles. The van der Waals surface area contributed by atoms with Gasteiger partial charge in [-0.15, -0.1) is 0 Å². The third-order valence-electron chi connectivity index (χ3n) is 3.10. The Labute approximate surface area is 98.5 Å². The van der Waals surface area contributed by atoms with Crippen molar-refractivity contribution in [1.29, 1.82) is 0 Å². The number of rotatable bonds is 7. The second-order valence-corrected chi connectivity index (χ2v) is 6.04. The lowest BCUT2D eigenvalue weighted by molar-refractivity contribution is 0.0242. The summed E-state index contributed by atoms with van der Waals surface area (Å²) in [4.78, 5) is 0. The zero-order valence-electron chi connectivity index (χ0n) is 10.2. The maximum Gasteiger partial charge on any atom is 0.0471 e. The van der Waals surface area contributed by atoms with Crippen molar-refractivity contribution < 1.29 is 4.74 Å². The van der Waals surface area contributed by atoms with Gasteiger partial charge < -0.3 is 10.1 Å². The Morgan fingerprint density at radius 3 is 2.73 bits per heavy atom. The van der Waals surface area contributed by atoms with Crippen LogP contribution < -0.4 is 5.32 Å². The Balaban J connectivity index is 1.98. The summed E-state index contributed by atoms with van der Waals surface area (Å²) in [5.41, 5.74) is 0.482. The van der Waals surface area contributed by atoms with E-state index < -0.39 is 0 Å². The van der Waals surface area contributed by atoms with Gasteiger partial charge in [0.25, 0.3) is 0 Å². The Hall–Kier alpha value is 0.270. The highest BCUT2D eigenvalue weighted by Gasteiger charge is 2.26. The molecule has 1 aliphatic heterocycles. The van der Waals surface area contributed by atoms with E-state index >= 15 is 0 Å². The predicted octanol–water partition coefficient (Wildman–Crippen LogP) is 2.54. The van der Waals surface area contributed by atoms with Crippen LogP contribution in [0.3, 0.4) is 0 Å². The molecule has 0 unspecified atom stereocenters. The van der Waals surface area contributed by atoms with Gasteiger partial charge in [-0.1, -0.05) is 13.8 Å². The smallest absolute Gasteiger partial charge is 0.0471 e. The lowest BCUT2D eigenvalue weighted by Crippen LogP contribution is -2.37. The van der Waals surface area contributed by atoms with Crippen LogP contribution in [0.2, 0.25) is 0 Å². The van der Waals surface area contributed by atoms with E-state index in [1.807, 2.05) is 11.8 Å². The number of thioether (sulfide) groups is 1. The quantitative estimate of drug-likeness (QED) is 0.680. The van der Waals surface area contributed by atoms with Gasteiger partial charge in [-0.05, 0) is 42.7 Å². The van der Waals surface area contributed by atoms with E-state index in [1.54, 1.807) is 0 Å². The summed E-state index contributed by atoms with van der Waals surface area (Å²) in [6.45, 7) is 8.83. The Morgan fingerprint density at radius 1 is 1.33 bits per heavy atom. The normalized spacial score (nSPS) is 20.4. The first kappa shape index (κ1) is 13.3. The molecule has 1 heterocycles. The molecule has 0 aliphatic carbocycles. The summed E-state index contributed by atoms with van der Waals surface area (Å²) in [6.07, 6.45) is 3.72. The van der Waals surface area contributed by atoms with Crippen LogP contribution in [-0.2, 0) is 4.74 Å². The van der Waals surface area contributed by atoms with Crippen LogP contribution in [0.15, 0.2) is 0 Å². The minimum absolute atomic E-state index is 0.482. The first-order chi connectivity index (χ1) is 7.27. The van der Waals surface area contributed by atoms with Gasteiger partial charge in [-0.3, -0.25) is 0 Å². The Morgan fingerprint density at radius 2 is 2.07 bits per heavy atom. The first-order valence-corrected chi connectivity index (χ1v) is 7.28. The Kier molecular flexibility index (Phi) is 6.69. The maximum atomic E-state index is 5.39. The van der Waals surface area contributed by atoms with Crippen LogP contribution >= 0.6 is 11.8 Å². The molecule has 0 spiro atoms. The van der Waals surface area contributed by atoms with E-state index in [0.29, 0.717) is 5.41 Å². The van der Waals surface area contributed by atoms with Crippen LogP contribution in [0.5, 0.6) is 0 Å². The van der Waals surface area contributed by atoms with E-state index in [1.165, 1.54) is 37.3 Å². The van der Waals surface area contributed by atoms with Gasteiger partial charge in [0.15, 0.2) is 0 Å². The van der Waals surface area contributed by atoms with Gasteiger partial charge in [-0.2, -0.15) is 11.8 Å². The zero-order chi connectivity index (χ0) is 11.0. The SMILES string of the molecule is CCSCCCNCC1(C)CCOCC1. The molecule has 0 atom stereocenters. The molecule has 15 heavy (non-hydrogen) atoms.